The summed E-state index contributed by atoms with van der Waals surface area (Å²) in [6.07, 6.45) is 4.08. The van der Waals surface area contributed by atoms with Gasteiger partial charge in [0.15, 0.2) is 0 Å². The Balaban J connectivity index is -0.0000000155. The Labute approximate surface area is 199 Å². The highest BCUT2D eigenvalue weighted by molar-refractivity contribution is 7.97. The van der Waals surface area contributed by atoms with Crippen molar-refractivity contribution in [3.05, 3.63) is 0 Å². The van der Waals surface area contributed by atoms with E-state index in [1.54, 1.807) is 26.0 Å². The van der Waals surface area contributed by atoms with E-state index in [1.807, 2.05) is 38.6 Å². The van der Waals surface area contributed by atoms with Crippen molar-refractivity contribution >= 4 is 11.8 Å². The molecule has 196 valence electrons. The van der Waals surface area contributed by atoms with E-state index < -0.39 is 0 Å². The van der Waals surface area contributed by atoms with Crippen LogP contribution < -0.4 is 0 Å². The van der Waals surface area contributed by atoms with E-state index >= 15 is 0 Å². The van der Waals surface area contributed by atoms with E-state index in [1.165, 1.54) is 0 Å². The Morgan fingerprint density at radius 3 is 0.552 bits per heavy atom. The summed E-state index contributed by atoms with van der Waals surface area (Å²) in [7, 11) is 9.25. The van der Waals surface area contributed by atoms with Crippen LogP contribution in [0.5, 0.6) is 0 Å². The molecule has 0 heterocycles. The van der Waals surface area contributed by atoms with Crippen molar-refractivity contribution in [3.63, 3.8) is 0 Å². The minimum atomic E-state index is 0. The van der Waals surface area contributed by atoms with Gasteiger partial charge in [-0.2, -0.15) is 11.8 Å². The average Bonchev–Trinajstić information content (AvgIpc) is 2.11. The maximum absolute atomic E-state index is 4.25. The van der Waals surface area contributed by atoms with Gasteiger partial charge in [0, 0.05) is 14.2 Å². The van der Waals surface area contributed by atoms with E-state index in [0.717, 1.165) is 0 Å². The van der Waals surface area contributed by atoms with Gasteiger partial charge in [0.25, 0.3) is 0 Å². The monoisotopic (exact) mass is 450 g/mol. The van der Waals surface area contributed by atoms with Crippen LogP contribution in [0, 0.1) is 16.2 Å². The molecule has 0 aliphatic carbocycles. The van der Waals surface area contributed by atoms with E-state index in [4.69, 9.17) is 0 Å². The van der Waals surface area contributed by atoms with Crippen molar-refractivity contribution in [3.8, 4) is 0 Å². The number of thioether (sulfide) groups is 1. The highest BCUT2D eigenvalue weighted by atomic mass is 32.2. The lowest BCUT2D eigenvalue weighted by Gasteiger charge is -2.34. The molecule has 0 rings (SSSR count). The Morgan fingerprint density at radius 1 is 0.517 bits per heavy atom. The second-order valence-electron chi connectivity index (χ2n) is 9.66. The number of ether oxygens (including phenoxy) is 1. The standard InChI is InChI=1S/C8H18.C5H12.C3H9N.C2H6O.C2H6S.6CH4/c1-7(2,3)8(4,5)6;1-5(2,3)4;1-4(2)3;2*1-3-2;;;;;;/h1-6H3;1-4H3;1-3H3;2*1-2H3;6*1H4. The minimum absolute atomic E-state index is 0. The van der Waals surface area contributed by atoms with Crippen molar-refractivity contribution in [1.82, 2.24) is 4.90 Å². The molecule has 0 atom stereocenters. The quantitative estimate of drug-likeness (QED) is 0.365. The van der Waals surface area contributed by atoms with Crippen LogP contribution in [0.2, 0.25) is 0 Å². The Bertz CT molecular complexity index is 173. The fourth-order valence-electron chi connectivity index (χ4n) is 0. The van der Waals surface area contributed by atoms with Crippen molar-refractivity contribution in [1.29, 1.82) is 0 Å². The first-order valence-electron chi connectivity index (χ1n) is 8.22. The van der Waals surface area contributed by atoms with Crippen LogP contribution in [0.4, 0.5) is 0 Å². The summed E-state index contributed by atoms with van der Waals surface area (Å²) in [5.41, 5.74) is 1.38. The lowest BCUT2D eigenvalue weighted by atomic mass is 9.71. The fraction of sp³-hybridized carbons (Fsp3) is 1.00. The van der Waals surface area contributed by atoms with Crippen molar-refractivity contribution in [2.24, 2.45) is 16.2 Å². The number of rotatable bonds is 0. The van der Waals surface area contributed by atoms with E-state index in [2.05, 4.69) is 74.0 Å². The number of methoxy groups -OCH3 is 1. The molecular formula is C26H75NOS. The molecule has 0 aliphatic heterocycles. The number of hydrogen-bond acceptors (Lipinski definition) is 3. The molecule has 0 spiro atoms. The van der Waals surface area contributed by atoms with Gasteiger partial charge in [-0.1, -0.05) is 114 Å². The molecule has 0 unspecified atom stereocenters. The normalized spacial score (nSPS) is 8.48. The molecule has 0 aliphatic rings. The molecule has 0 saturated carbocycles. The highest BCUT2D eigenvalue weighted by Crippen LogP contribution is 2.36. The summed E-state index contributed by atoms with van der Waals surface area (Å²) < 4.78 is 4.25. The highest BCUT2D eigenvalue weighted by Gasteiger charge is 2.26. The van der Waals surface area contributed by atoms with Crippen molar-refractivity contribution in [2.45, 2.75) is 114 Å². The molecule has 3 heteroatoms. The van der Waals surface area contributed by atoms with Gasteiger partial charge in [0.2, 0.25) is 0 Å². The molecule has 2 nitrogen and oxygen atoms in total. The van der Waals surface area contributed by atoms with Crippen LogP contribution in [0.15, 0.2) is 0 Å². The fourth-order valence-corrected chi connectivity index (χ4v) is 0. The van der Waals surface area contributed by atoms with Crippen LogP contribution in [0.3, 0.4) is 0 Å². The SMILES string of the molecule is C.C.C.C.C.C.CC(C)(C)C.CC(C)(C)C(C)(C)C.CN(C)C.COC.CSC. The van der Waals surface area contributed by atoms with Gasteiger partial charge in [0.1, 0.15) is 0 Å². The van der Waals surface area contributed by atoms with Gasteiger partial charge >= 0.3 is 0 Å². The van der Waals surface area contributed by atoms with Crippen LogP contribution >= 0.6 is 11.8 Å². The zero-order valence-corrected chi connectivity index (χ0v) is 20.6. The number of nitrogens with zero attached hydrogens (tertiary/aromatic N) is 1. The maximum atomic E-state index is 4.25. The first kappa shape index (κ1) is 70.1. The molecular weight excluding hydrogens is 374 g/mol. The smallest absolute Gasteiger partial charge is 0.0351 e. The zero-order chi connectivity index (χ0) is 20.5. The van der Waals surface area contributed by atoms with Crippen molar-refractivity contribution < 1.29 is 4.74 Å². The van der Waals surface area contributed by atoms with Gasteiger partial charge in [0.05, 0.1) is 0 Å². The summed E-state index contributed by atoms with van der Waals surface area (Å²) in [4.78, 5) is 2.00. The lowest BCUT2D eigenvalue weighted by Crippen LogP contribution is -2.25. The van der Waals surface area contributed by atoms with Crippen molar-refractivity contribution in [2.75, 3.05) is 47.9 Å². The third-order valence-electron chi connectivity index (χ3n) is 2.25. The Kier molecular flexibility index (Phi) is 93.8. The maximum Gasteiger partial charge on any atom is 0.0351 e. The van der Waals surface area contributed by atoms with E-state index in [9.17, 15) is 0 Å². The van der Waals surface area contributed by atoms with Gasteiger partial charge in [-0.25, -0.2) is 0 Å². The summed E-state index contributed by atoms with van der Waals surface area (Å²) >= 11 is 1.75. The third kappa shape index (κ3) is 227. The van der Waals surface area contributed by atoms with E-state index in [0.29, 0.717) is 16.2 Å². The lowest BCUT2D eigenvalue weighted by molar-refractivity contribution is 0.157. The first-order valence-corrected chi connectivity index (χ1v) is 9.86. The summed E-state index contributed by atoms with van der Waals surface area (Å²) in [6.45, 7) is 22.4. The summed E-state index contributed by atoms with van der Waals surface area (Å²) in [5.74, 6) is 0. The molecule has 0 bridgehead atoms. The Morgan fingerprint density at radius 2 is 0.552 bits per heavy atom. The molecule has 0 fully saturated rings. The van der Waals surface area contributed by atoms with E-state index in [-0.39, 0.29) is 44.6 Å². The van der Waals surface area contributed by atoms with Gasteiger partial charge in [-0.05, 0) is 49.9 Å². The second kappa shape index (κ2) is 38.8. The molecule has 29 heavy (non-hydrogen) atoms. The van der Waals surface area contributed by atoms with Gasteiger partial charge < -0.3 is 9.64 Å². The minimum Gasteiger partial charge on any atom is -0.388 e. The second-order valence-corrected chi connectivity index (χ2v) is 10.5. The summed E-state index contributed by atoms with van der Waals surface area (Å²) in [6, 6.07) is 0. The molecule has 0 aromatic rings. The Hall–Kier alpha value is 0.270. The predicted octanol–water partition coefficient (Wildman–Crippen LogP) is 10.4. The molecule has 0 radical (unpaired) electrons. The first-order chi connectivity index (χ1) is 9.81. The molecule has 0 aromatic heterocycles. The molecule has 0 amide bonds. The van der Waals surface area contributed by atoms with Crippen LogP contribution in [0.25, 0.3) is 0 Å². The van der Waals surface area contributed by atoms with Gasteiger partial charge in [-0.3, -0.25) is 0 Å². The largest absolute Gasteiger partial charge is 0.388 e. The topological polar surface area (TPSA) is 12.5 Å². The van der Waals surface area contributed by atoms with Crippen LogP contribution in [-0.4, -0.2) is 52.8 Å². The zero-order valence-electron chi connectivity index (χ0n) is 19.8. The van der Waals surface area contributed by atoms with Crippen LogP contribution in [-0.2, 0) is 4.74 Å². The molecule has 0 saturated heterocycles. The third-order valence-corrected chi connectivity index (χ3v) is 2.25. The number of hydrogen-bond donors (Lipinski definition) is 0. The molecule has 0 aromatic carbocycles. The summed E-state index contributed by atoms with van der Waals surface area (Å²) in [5, 5.41) is 0. The predicted molar refractivity (Wildman–Crippen MR) is 156 cm³/mol. The van der Waals surface area contributed by atoms with Gasteiger partial charge in [-0.15, -0.1) is 0 Å². The molecule has 0 N–H and O–H groups in total. The van der Waals surface area contributed by atoms with Crippen LogP contribution in [0.1, 0.15) is 114 Å². The average molecular weight is 450 g/mol.